The van der Waals surface area contributed by atoms with Crippen LogP contribution in [-0.4, -0.2) is 54.4 Å². The second-order valence-electron chi connectivity index (χ2n) is 6.42. The summed E-state index contributed by atoms with van der Waals surface area (Å²) in [4.78, 5) is 38.2. The molecule has 2 atom stereocenters. The summed E-state index contributed by atoms with van der Waals surface area (Å²) in [7, 11) is 0. The van der Waals surface area contributed by atoms with Crippen molar-refractivity contribution in [2.45, 2.75) is 24.5 Å². The van der Waals surface area contributed by atoms with Crippen molar-refractivity contribution < 1.29 is 24.4 Å². The lowest BCUT2D eigenvalue weighted by atomic mass is 9.81. The molecule has 1 amide bonds. The number of hydrogen-bond donors (Lipinski definition) is 2. The predicted molar refractivity (Wildman–Crippen MR) is 82.9 cm³/mol. The number of likely N-dealkylation sites (tertiary alicyclic amines) is 1. The minimum atomic E-state index is -0.875. The summed E-state index contributed by atoms with van der Waals surface area (Å²) < 4.78 is 0. The van der Waals surface area contributed by atoms with Crippen LogP contribution in [0.3, 0.4) is 0 Å². The molecule has 0 saturated carbocycles. The van der Waals surface area contributed by atoms with Crippen LogP contribution in [0, 0.1) is 0 Å². The van der Waals surface area contributed by atoms with Gasteiger partial charge < -0.3 is 5.11 Å². The molecule has 4 rings (SSSR count). The largest absolute Gasteiger partial charge is 0.480 e. The summed E-state index contributed by atoms with van der Waals surface area (Å²) in [6, 6.07) is 7.69. The Morgan fingerprint density at radius 3 is 3.00 bits per heavy atom. The molecule has 0 aromatic heterocycles. The molecule has 3 aliphatic heterocycles. The van der Waals surface area contributed by atoms with Crippen LogP contribution in [0.5, 0.6) is 0 Å². The minimum Gasteiger partial charge on any atom is -0.480 e. The summed E-state index contributed by atoms with van der Waals surface area (Å²) in [6.45, 7) is 1.41. The van der Waals surface area contributed by atoms with Crippen LogP contribution in [0.15, 0.2) is 24.3 Å². The Balaban J connectivity index is 1.69. The van der Waals surface area contributed by atoms with E-state index in [0.29, 0.717) is 32.5 Å². The van der Waals surface area contributed by atoms with Gasteiger partial charge in [0.05, 0.1) is 24.3 Å². The van der Waals surface area contributed by atoms with Crippen LogP contribution in [0.4, 0.5) is 5.69 Å². The Hall–Kier alpha value is -2.00. The molecular formula is C16H19N3O5. The van der Waals surface area contributed by atoms with Gasteiger partial charge >= 0.3 is 5.97 Å². The van der Waals surface area contributed by atoms with E-state index in [1.165, 1.54) is 0 Å². The van der Waals surface area contributed by atoms with E-state index in [-0.39, 0.29) is 12.5 Å². The number of nitrogens with one attached hydrogen (secondary N) is 1. The fraction of sp³-hybridized carbons (Fsp3) is 0.500. The van der Waals surface area contributed by atoms with Crippen LogP contribution < -0.4 is 10.5 Å². The molecule has 2 fully saturated rings. The van der Waals surface area contributed by atoms with Crippen molar-refractivity contribution in [1.82, 2.24) is 10.5 Å². The molecule has 3 aliphatic rings. The molecule has 1 aromatic carbocycles. The lowest BCUT2D eigenvalue weighted by molar-refractivity contribution is -0.238. The third-order valence-corrected chi connectivity index (χ3v) is 5.01. The van der Waals surface area contributed by atoms with Gasteiger partial charge in [0.1, 0.15) is 0 Å². The van der Waals surface area contributed by atoms with Crippen molar-refractivity contribution in [1.29, 1.82) is 0 Å². The molecule has 0 bridgehead atoms. The summed E-state index contributed by atoms with van der Waals surface area (Å²) in [5.74, 6) is -0.898. The smallest absolute Gasteiger partial charge is 0.317 e. The Kier molecular flexibility index (Phi) is 3.76. The normalized spacial score (nSPS) is 30.1. The van der Waals surface area contributed by atoms with E-state index in [1.807, 2.05) is 29.2 Å². The third-order valence-electron chi connectivity index (χ3n) is 5.01. The van der Waals surface area contributed by atoms with E-state index < -0.39 is 17.6 Å². The maximum absolute atomic E-state index is 13.3. The standard InChI is InChI=1S/C16H19N3O5/c20-14(21)9-18-7-6-16(10-18)11-3-1-2-4-12(11)19(15(16)22)13-5-8-23-17-24-13/h1-4,13,17H,5-10H2,(H,20,21). The number of hydrogen-bond acceptors (Lipinski definition) is 6. The Labute approximate surface area is 138 Å². The van der Waals surface area contributed by atoms with Crippen molar-refractivity contribution in [3.05, 3.63) is 29.8 Å². The van der Waals surface area contributed by atoms with Gasteiger partial charge in [-0.25, -0.2) is 0 Å². The molecule has 1 spiro atoms. The number of carbonyl (C=O) groups is 2. The number of anilines is 1. The van der Waals surface area contributed by atoms with Crippen LogP contribution in [0.25, 0.3) is 0 Å². The first-order valence-corrected chi connectivity index (χ1v) is 8.01. The number of amides is 1. The lowest BCUT2D eigenvalue weighted by Gasteiger charge is -2.32. The number of rotatable bonds is 3. The first-order valence-electron chi connectivity index (χ1n) is 8.01. The van der Waals surface area contributed by atoms with Crippen molar-refractivity contribution in [2.75, 3.05) is 31.1 Å². The van der Waals surface area contributed by atoms with E-state index >= 15 is 0 Å². The molecule has 3 heterocycles. The van der Waals surface area contributed by atoms with Crippen molar-refractivity contribution in [3.8, 4) is 0 Å². The molecule has 2 N–H and O–H groups in total. The number of carbonyl (C=O) groups excluding carboxylic acids is 1. The van der Waals surface area contributed by atoms with Gasteiger partial charge in [0.2, 0.25) is 5.91 Å². The molecule has 2 saturated heterocycles. The van der Waals surface area contributed by atoms with Crippen molar-refractivity contribution >= 4 is 17.6 Å². The van der Waals surface area contributed by atoms with Gasteiger partial charge in [0.15, 0.2) is 6.23 Å². The second kappa shape index (κ2) is 5.82. The van der Waals surface area contributed by atoms with Gasteiger partial charge in [-0.05, 0) is 18.1 Å². The highest BCUT2D eigenvalue weighted by Gasteiger charge is 2.56. The maximum Gasteiger partial charge on any atom is 0.317 e. The van der Waals surface area contributed by atoms with Gasteiger partial charge in [-0.15, -0.1) is 0 Å². The molecule has 1 aromatic rings. The highest BCUT2D eigenvalue weighted by molar-refractivity contribution is 6.09. The molecule has 0 aliphatic carbocycles. The average Bonchev–Trinajstić information content (AvgIpc) is 3.10. The highest BCUT2D eigenvalue weighted by Crippen LogP contribution is 2.48. The molecule has 0 radical (unpaired) electrons. The highest BCUT2D eigenvalue weighted by atomic mass is 16.9. The number of aliphatic carboxylic acids is 1. The zero-order valence-corrected chi connectivity index (χ0v) is 13.1. The lowest BCUT2D eigenvalue weighted by Crippen LogP contribution is -2.51. The van der Waals surface area contributed by atoms with Crippen molar-refractivity contribution in [3.63, 3.8) is 0 Å². The SMILES string of the molecule is O=C(O)CN1CCC2(C1)C(=O)N(C1CCONO1)c1ccccc12. The maximum atomic E-state index is 13.3. The van der Waals surface area contributed by atoms with E-state index in [0.717, 1.165) is 11.3 Å². The summed E-state index contributed by atoms with van der Waals surface area (Å²) in [6.07, 6.45) is 0.756. The van der Waals surface area contributed by atoms with E-state index in [1.54, 1.807) is 4.90 Å². The monoisotopic (exact) mass is 333 g/mol. The number of para-hydroxylation sites is 1. The van der Waals surface area contributed by atoms with Gasteiger partial charge in [0.25, 0.3) is 0 Å². The van der Waals surface area contributed by atoms with Gasteiger partial charge in [0, 0.05) is 19.5 Å². The zero-order valence-electron chi connectivity index (χ0n) is 13.1. The number of benzene rings is 1. The first kappa shape index (κ1) is 15.5. The quantitative estimate of drug-likeness (QED) is 0.819. The first-order chi connectivity index (χ1) is 11.6. The molecule has 128 valence electrons. The van der Waals surface area contributed by atoms with Crippen LogP contribution in [-0.2, 0) is 24.7 Å². The number of carboxylic acids is 1. The average molecular weight is 333 g/mol. The van der Waals surface area contributed by atoms with Gasteiger partial charge in [-0.2, -0.15) is 0 Å². The topological polar surface area (TPSA) is 91.3 Å². The van der Waals surface area contributed by atoms with E-state index in [9.17, 15) is 9.59 Å². The minimum absolute atomic E-state index is 0.0229. The van der Waals surface area contributed by atoms with Crippen LogP contribution in [0.1, 0.15) is 18.4 Å². The predicted octanol–water partition coefficient (Wildman–Crippen LogP) is 0.244. The molecule has 24 heavy (non-hydrogen) atoms. The Morgan fingerprint density at radius 1 is 1.42 bits per heavy atom. The van der Waals surface area contributed by atoms with Crippen molar-refractivity contribution in [2.24, 2.45) is 0 Å². The van der Waals surface area contributed by atoms with E-state index in [4.69, 9.17) is 14.8 Å². The molecule has 2 unspecified atom stereocenters. The zero-order chi connectivity index (χ0) is 16.7. The Bertz CT molecular complexity index is 675. The Morgan fingerprint density at radius 2 is 2.25 bits per heavy atom. The summed E-state index contributed by atoms with van der Waals surface area (Å²) in [5.41, 5.74) is 3.51. The third kappa shape index (κ3) is 2.30. The summed E-state index contributed by atoms with van der Waals surface area (Å²) in [5, 5.41) is 9.04. The number of carboxylic acid groups (broad SMARTS) is 1. The van der Waals surface area contributed by atoms with Gasteiger partial charge in [-0.3, -0.25) is 29.1 Å². The molecule has 8 nitrogen and oxygen atoms in total. The van der Waals surface area contributed by atoms with Gasteiger partial charge in [-0.1, -0.05) is 23.8 Å². The molecular weight excluding hydrogens is 314 g/mol. The number of fused-ring (bicyclic) bond motifs is 2. The summed E-state index contributed by atoms with van der Waals surface area (Å²) >= 11 is 0. The van der Waals surface area contributed by atoms with E-state index in [2.05, 4.69) is 5.64 Å². The number of nitrogens with zero attached hydrogens (tertiary/aromatic N) is 2. The van der Waals surface area contributed by atoms with Crippen LogP contribution in [0.2, 0.25) is 0 Å². The molecule has 8 heteroatoms. The van der Waals surface area contributed by atoms with Crippen LogP contribution >= 0.6 is 0 Å². The fourth-order valence-electron chi connectivity index (χ4n) is 3.97. The fourth-order valence-corrected chi connectivity index (χ4v) is 3.97. The second-order valence-corrected chi connectivity index (χ2v) is 6.42.